The Morgan fingerprint density at radius 1 is 1.18 bits per heavy atom. The quantitative estimate of drug-likeness (QED) is 0.269. The molecule has 0 radical (unpaired) electrons. The van der Waals surface area contributed by atoms with Gasteiger partial charge in [0.05, 0.1) is 30.4 Å². The summed E-state index contributed by atoms with van der Waals surface area (Å²) in [5, 5.41) is 9.56. The Labute approximate surface area is 206 Å². The molecule has 0 saturated heterocycles. The molecular formula is C23H18IN3O5S. The Morgan fingerprint density at radius 3 is 2.70 bits per heavy atom. The van der Waals surface area contributed by atoms with Crippen molar-refractivity contribution < 1.29 is 19.1 Å². The third kappa shape index (κ3) is 4.48. The molecule has 1 amide bonds. The molecule has 2 aromatic carbocycles. The van der Waals surface area contributed by atoms with Crippen molar-refractivity contribution in [3.63, 3.8) is 0 Å². The van der Waals surface area contributed by atoms with Gasteiger partial charge < -0.3 is 14.8 Å². The molecular weight excluding hydrogens is 557 g/mol. The highest BCUT2D eigenvalue weighted by Crippen LogP contribution is 2.31. The van der Waals surface area contributed by atoms with E-state index in [0.29, 0.717) is 27.4 Å². The first-order chi connectivity index (χ1) is 15.9. The minimum atomic E-state index is -0.660. The molecule has 8 nitrogen and oxygen atoms in total. The van der Waals surface area contributed by atoms with E-state index in [2.05, 4.69) is 33.0 Å². The third-order valence-corrected chi connectivity index (χ3v) is 6.60. The molecule has 2 heterocycles. The van der Waals surface area contributed by atoms with E-state index in [-0.39, 0.29) is 23.6 Å². The summed E-state index contributed by atoms with van der Waals surface area (Å²) in [5.74, 6) is -0.491. The number of esters is 1. The van der Waals surface area contributed by atoms with E-state index in [0.717, 1.165) is 19.6 Å². The largest absolute Gasteiger partial charge is 0.497 e. The lowest BCUT2D eigenvalue weighted by molar-refractivity contribution is 0.0520. The molecule has 10 heteroatoms. The number of fused-ring (bicyclic) bond motifs is 1. The topological polar surface area (TPSA) is 99.5 Å². The van der Waals surface area contributed by atoms with Crippen molar-refractivity contribution in [1.29, 1.82) is 0 Å². The summed E-state index contributed by atoms with van der Waals surface area (Å²) in [7, 11) is 1.51. The number of hydrogen-bond acceptors (Lipinski definition) is 7. The van der Waals surface area contributed by atoms with Gasteiger partial charge in [0.25, 0.3) is 11.5 Å². The zero-order valence-corrected chi connectivity index (χ0v) is 20.6. The maximum atomic E-state index is 13.5. The van der Waals surface area contributed by atoms with Crippen molar-refractivity contribution in [3.8, 4) is 11.4 Å². The fraction of sp³-hybridized carbons (Fsp3) is 0.130. The van der Waals surface area contributed by atoms with Crippen LogP contribution in [-0.2, 0) is 4.74 Å². The average molecular weight is 575 g/mol. The number of carbonyl (C=O) groups excluding carboxylic acids is 2. The second kappa shape index (κ2) is 9.71. The number of amides is 1. The molecule has 4 aromatic rings. The molecule has 4 rings (SSSR count). The number of thiophene rings is 1. The first kappa shape index (κ1) is 22.9. The van der Waals surface area contributed by atoms with Gasteiger partial charge in [0.15, 0.2) is 5.69 Å². The molecule has 0 fully saturated rings. The van der Waals surface area contributed by atoms with E-state index < -0.39 is 11.5 Å². The van der Waals surface area contributed by atoms with E-state index in [1.54, 1.807) is 48.7 Å². The minimum Gasteiger partial charge on any atom is -0.497 e. The molecule has 168 valence electrons. The number of anilines is 1. The molecule has 0 aliphatic rings. The molecule has 0 aliphatic heterocycles. The third-order valence-electron chi connectivity index (χ3n) is 4.76. The van der Waals surface area contributed by atoms with Gasteiger partial charge in [-0.15, -0.1) is 11.3 Å². The maximum Gasteiger partial charge on any atom is 0.359 e. The van der Waals surface area contributed by atoms with Gasteiger partial charge >= 0.3 is 5.97 Å². The van der Waals surface area contributed by atoms with Crippen LogP contribution in [0.2, 0.25) is 0 Å². The van der Waals surface area contributed by atoms with Crippen LogP contribution in [0.3, 0.4) is 0 Å². The van der Waals surface area contributed by atoms with Crippen molar-refractivity contribution in [1.82, 2.24) is 9.78 Å². The van der Waals surface area contributed by atoms with Gasteiger partial charge in [0.2, 0.25) is 0 Å². The Bertz CT molecular complexity index is 1430. The monoisotopic (exact) mass is 575 g/mol. The fourth-order valence-electron chi connectivity index (χ4n) is 3.22. The van der Waals surface area contributed by atoms with Gasteiger partial charge in [-0.1, -0.05) is 18.2 Å². The Kier molecular flexibility index (Phi) is 6.75. The van der Waals surface area contributed by atoms with Gasteiger partial charge in [0, 0.05) is 20.4 Å². The van der Waals surface area contributed by atoms with Crippen molar-refractivity contribution >= 4 is 61.6 Å². The highest BCUT2D eigenvalue weighted by Gasteiger charge is 2.23. The second-order valence-corrected chi connectivity index (χ2v) is 8.82. The van der Waals surface area contributed by atoms with Gasteiger partial charge in [-0.05, 0) is 53.8 Å². The van der Waals surface area contributed by atoms with Gasteiger partial charge in [-0.25, -0.2) is 4.79 Å². The molecule has 0 aliphatic carbocycles. The first-order valence-corrected chi connectivity index (χ1v) is 11.8. The van der Waals surface area contributed by atoms with Crippen LogP contribution in [0.5, 0.6) is 5.75 Å². The van der Waals surface area contributed by atoms with Crippen LogP contribution in [0, 0.1) is 3.57 Å². The number of ether oxygens (including phenoxy) is 2. The van der Waals surface area contributed by atoms with Crippen LogP contribution < -0.4 is 15.6 Å². The second-order valence-electron chi connectivity index (χ2n) is 6.77. The van der Waals surface area contributed by atoms with E-state index in [4.69, 9.17) is 9.47 Å². The number of rotatable bonds is 6. The minimum absolute atomic E-state index is 0.0136. The summed E-state index contributed by atoms with van der Waals surface area (Å²) in [6.07, 6.45) is 0. The standard InChI is InChI=1S/C23H18IN3O5S/c1-3-32-23(30)19-16-12-33-21(25-20(28)15-9-4-5-10-17(15)24)18(16)22(29)27(26-19)13-7-6-8-14(11-13)31-2/h4-12H,3H2,1-2H3,(H,25,28). The number of halogens is 1. The number of nitrogens with zero attached hydrogens (tertiary/aromatic N) is 2. The van der Waals surface area contributed by atoms with Crippen LogP contribution in [0.1, 0.15) is 27.8 Å². The molecule has 0 spiro atoms. The Hall–Kier alpha value is -3.25. The maximum absolute atomic E-state index is 13.5. The van der Waals surface area contributed by atoms with Crippen LogP contribution in [0.15, 0.2) is 58.7 Å². The summed E-state index contributed by atoms with van der Waals surface area (Å²) in [6.45, 7) is 1.84. The number of nitrogens with one attached hydrogen (secondary N) is 1. The molecule has 0 atom stereocenters. The fourth-order valence-corrected chi connectivity index (χ4v) is 4.79. The van der Waals surface area contributed by atoms with Crippen molar-refractivity contribution in [3.05, 3.63) is 79.1 Å². The first-order valence-electron chi connectivity index (χ1n) is 9.86. The zero-order chi connectivity index (χ0) is 23.5. The number of hydrogen-bond donors (Lipinski definition) is 1. The summed E-state index contributed by atoms with van der Waals surface area (Å²) >= 11 is 3.22. The summed E-state index contributed by atoms with van der Waals surface area (Å²) in [4.78, 5) is 39.1. The molecule has 0 unspecified atom stereocenters. The van der Waals surface area contributed by atoms with Gasteiger partial charge in [-0.2, -0.15) is 9.78 Å². The van der Waals surface area contributed by atoms with Crippen LogP contribution in [0.4, 0.5) is 5.00 Å². The summed E-state index contributed by atoms with van der Waals surface area (Å²) < 4.78 is 12.3. The van der Waals surface area contributed by atoms with Crippen LogP contribution in [0.25, 0.3) is 16.5 Å². The van der Waals surface area contributed by atoms with Crippen LogP contribution in [-0.4, -0.2) is 35.4 Å². The highest BCUT2D eigenvalue weighted by atomic mass is 127. The normalized spacial score (nSPS) is 10.8. The average Bonchev–Trinajstić information content (AvgIpc) is 3.23. The molecule has 2 aromatic heterocycles. The van der Waals surface area contributed by atoms with E-state index in [1.165, 1.54) is 7.11 Å². The SMILES string of the molecule is CCOC(=O)c1nn(-c2cccc(OC)c2)c(=O)c2c(NC(=O)c3ccccc3I)scc12. The van der Waals surface area contributed by atoms with Crippen molar-refractivity contribution in [2.75, 3.05) is 19.0 Å². The van der Waals surface area contributed by atoms with Crippen molar-refractivity contribution in [2.45, 2.75) is 6.92 Å². The number of methoxy groups -OCH3 is 1. The zero-order valence-electron chi connectivity index (χ0n) is 17.6. The van der Waals surface area contributed by atoms with E-state index >= 15 is 0 Å². The molecule has 0 saturated carbocycles. The smallest absolute Gasteiger partial charge is 0.359 e. The Balaban J connectivity index is 1.90. The van der Waals surface area contributed by atoms with Gasteiger partial charge in [-0.3, -0.25) is 9.59 Å². The van der Waals surface area contributed by atoms with Crippen molar-refractivity contribution in [2.24, 2.45) is 0 Å². The Morgan fingerprint density at radius 2 is 1.97 bits per heavy atom. The highest BCUT2D eigenvalue weighted by molar-refractivity contribution is 14.1. The predicted octanol–water partition coefficient (Wildman–Crippen LogP) is 4.49. The number of aromatic nitrogens is 2. The van der Waals surface area contributed by atoms with E-state index in [9.17, 15) is 14.4 Å². The lowest BCUT2D eigenvalue weighted by Crippen LogP contribution is -2.25. The van der Waals surface area contributed by atoms with E-state index in [1.807, 2.05) is 12.1 Å². The number of benzene rings is 2. The molecule has 0 bridgehead atoms. The number of carbonyl (C=O) groups is 2. The van der Waals surface area contributed by atoms with Gasteiger partial charge in [0.1, 0.15) is 10.8 Å². The molecule has 33 heavy (non-hydrogen) atoms. The molecule has 1 N–H and O–H groups in total. The van der Waals surface area contributed by atoms with Crippen LogP contribution >= 0.6 is 33.9 Å². The predicted molar refractivity (Wildman–Crippen MR) is 135 cm³/mol. The lowest BCUT2D eigenvalue weighted by Gasteiger charge is -2.11. The lowest BCUT2D eigenvalue weighted by atomic mass is 10.2. The summed E-state index contributed by atoms with van der Waals surface area (Å²) in [6, 6.07) is 13.9. The summed E-state index contributed by atoms with van der Waals surface area (Å²) in [5.41, 5.74) is 0.395.